The molecule has 2 nitrogen and oxygen atoms in total. The Balaban J connectivity index is 2.57. The molecule has 0 aliphatic heterocycles. The molecule has 0 bridgehead atoms. The third kappa shape index (κ3) is 1.22. The van der Waals surface area contributed by atoms with Crippen LogP contribution in [0.15, 0.2) is 23.4 Å². The highest BCUT2D eigenvalue weighted by Crippen LogP contribution is 2.27. The van der Waals surface area contributed by atoms with Crippen LogP contribution >= 0.6 is 0 Å². The summed E-state index contributed by atoms with van der Waals surface area (Å²) in [6.45, 7) is 4.14. The van der Waals surface area contributed by atoms with Gasteiger partial charge in [-0.1, -0.05) is 29.8 Å². The van der Waals surface area contributed by atoms with E-state index in [-0.39, 0.29) is 0 Å². The molecule has 1 unspecified atom stereocenters. The molecule has 1 aromatic carbocycles. The fourth-order valence-electron chi connectivity index (χ4n) is 1.95. The van der Waals surface area contributed by atoms with Gasteiger partial charge in [-0.3, -0.25) is 0 Å². The third-order valence-electron chi connectivity index (χ3n) is 2.64. The average Bonchev–Trinajstić information content (AvgIpc) is 2.40. The van der Waals surface area contributed by atoms with Crippen molar-refractivity contribution >= 4 is 5.71 Å². The van der Waals surface area contributed by atoms with Crippen molar-refractivity contribution in [1.82, 2.24) is 0 Å². The van der Waals surface area contributed by atoms with Gasteiger partial charge in [-0.25, -0.2) is 0 Å². The molecular weight excluding hydrogens is 162 g/mol. The Hall–Kier alpha value is -1.31. The number of aryl methyl sites for hydroxylation is 1. The Kier molecular flexibility index (Phi) is 1.83. The number of hydrogen-bond donors (Lipinski definition) is 1. The van der Waals surface area contributed by atoms with Gasteiger partial charge in [0.2, 0.25) is 0 Å². The molecule has 0 fully saturated rings. The molecule has 2 heteroatoms. The van der Waals surface area contributed by atoms with Crippen molar-refractivity contribution in [2.75, 3.05) is 0 Å². The van der Waals surface area contributed by atoms with E-state index in [0.717, 1.165) is 17.7 Å². The lowest BCUT2D eigenvalue weighted by molar-refractivity contribution is 0.316. The zero-order valence-corrected chi connectivity index (χ0v) is 7.91. The second-order valence-corrected chi connectivity index (χ2v) is 3.75. The van der Waals surface area contributed by atoms with Crippen molar-refractivity contribution in [1.29, 1.82) is 0 Å². The van der Waals surface area contributed by atoms with Crippen molar-refractivity contribution in [3.63, 3.8) is 0 Å². The minimum Gasteiger partial charge on any atom is -0.411 e. The van der Waals surface area contributed by atoms with Gasteiger partial charge >= 0.3 is 0 Å². The van der Waals surface area contributed by atoms with Crippen molar-refractivity contribution < 1.29 is 5.21 Å². The highest BCUT2D eigenvalue weighted by molar-refractivity contribution is 6.05. The molecule has 1 atom stereocenters. The van der Waals surface area contributed by atoms with Crippen LogP contribution in [-0.4, -0.2) is 10.9 Å². The molecule has 1 aromatic rings. The van der Waals surface area contributed by atoms with Crippen LogP contribution in [0.25, 0.3) is 0 Å². The first kappa shape index (κ1) is 8.30. The molecule has 1 N–H and O–H groups in total. The molecule has 1 aliphatic carbocycles. The van der Waals surface area contributed by atoms with Crippen LogP contribution < -0.4 is 0 Å². The summed E-state index contributed by atoms with van der Waals surface area (Å²) in [6, 6.07) is 6.32. The summed E-state index contributed by atoms with van der Waals surface area (Å²) in [6.07, 6.45) is 0.995. The van der Waals surface area contributed by atoms with Gasteiger partial charge in [-0.15, -0.1) is 0 Å². The first-order valence-corrected chi connectivity index (χ1v) is 4.54. The fourth-order valence-corrected chi connectivity index (χ4v) is 1.95. The Morgan fingerprint density at radius 1 is 1.46 bits per heavy atom. The van der Waals surface area contributed by atoms with E-state index in [1.165, 1.54) is 11.1 Å². The van der Waals surface area contributed by atoms with Crippen molar-refractivity contribution in [2.24, 2.45) is 11.1 Å². The quantitative estimate of drug-likeness (QED) is 0.476. The Labute approximate surface area is 77.9 Å². The summed E-state index contributed by atoms with van der Waals surface area (Å²) in [5.74, 6) is 0.349. The van der Waals surface area contributed by atoms with Gasteiger partial charge in [-0.05, 0) is 25.0 Å². The summed E-state index contributed by atoms with van der Waals surface area (Å²) >= 11 is 0. The molecule has 0 heterocycles. The van der Waals surface area contributed by atoms with Gasteiger partial charge in [0.25, 0.3) is 0 Å². The molecule has 0 spiro atoms. The lowest BCUT2D eigenvalue weighted by Crippen LogP contribution is -2.05. The standard InChI is InChI=1S/C11H13NO/c1-7-3-4-9-6-8(2)11(12-13)10(9)5-7/h3-5,8,13H,6H2,1-2H3/b12-11-. The predicted octanol–water partition coefficient (Wildman–Crippen LogP) is 2.37. The zero-order chi connectivity index (χ0) is 9.42. The van der Waals surface area contributed by atoms with Gasteiger partial charge in [0.1, 0.15) is 0 Å². The van der Waals surface area contributed by atoms with E-state index in [2.05, 4.69) is 37.2 Å². The molecule has 0 radical (unpaired) electrons. The minimum absolute atomic E-state index is 0.349. The molecule has 0 aromatic heterocycles. The Morgan fingerprint density at radius 3 is 2.92 bits per heavy atom. The van der Waals surface area contributed by atoms with Crippen LogP contribution in [0.1, 0.15) is 23.6 Å². The Morgan fingerprint density at radius 2 is 2.23 bits per heavy atom. The maximum absolute atomic E-state index is 8.86. The molecule has 0 amide bonds. The number of hydrogen-bond acceptors (Lipinski definition) is 2. The largest absolute Gasteiger partial charge is 0.411 e. The summed E-state index contributed by atoms with van der Waals surface area (Å²) in [4.78, 5) is 0. The third-order valence-corrected chi connectivity index (χ3v) is 2.64. The molecule has 2 rings (SSSR count). The lowest BCUT2D eigenvalue weighted by Gasteiger charge is -2.01. The highest BCUT2D eigenvalue weighted by atomic mass is 16.4. The van der Waals surface area contributed by atoms with Gasteiger partial charge in [0.05, 0.1) is 5.71 Å². The van der Waals surface area contributed by atoms with Crippen LogP contribution in [0.3, 0.4) is 0 Å². The van der Waals surface area contributed by atoms with Crippen molar-refractivity contribution in [3.05, 3.63) is 34.9 Å². The van der Waals surface area contributed by atoms with E-state index in [1.807, 2.05) is 0 Å². The van der Waals surface area contributed by atoms with Gasteiger partial charge in [0, 0.05) is 11.5 Å². The van der Waals surface area contributed by atoms with Crippen LogP contribution in [0.2, 0.25) is 0 Å². The second-order valence-electron chi connectivity index (χ2n) is 3.75. The number of benzene rings is 1. The zero-order valence-electron chi connectivity index (χ0n) is 7.91. The molecule has 0 saturated heterocycles. The predicted molar refractivity (Wildman–Crippen MR) is 52.4 cm³/mol. The van der Waals surface area contributed by atoms with E-state index in [9.17, 15) is 0 Å². The fraction of sp³-hybridized carbons (Fsp3) is 0.364. The first-order valence-electron chi connectivity index (χ1n) is 4.54. The van der Waals surface area contributed by atoms with Gasteiger partial charge in [0.15, 0.2) is 0 Å². The van der Waals surface area contributed by atoms with Crippen LogP contribution in [0.4, 0.5) is 0 Å². The van der Waals surface area contributed by atoms with Crippen LogP contribution in [0.5, 0.6) is 0 Å². The SMILES string of the molecule is Cc1ccc2c(c1)/C(=N\O)C(C)C2. The second kappa shape index (κ2) is 2.87. The molecule has 68 valence electrons. The van der Waals surface area contributed by atoms with Gasteiger partial charge in [-0.2, -0.15) is 0 Å². The van der Waals surface area contributed by atoms with E-state index >= 15 is 0 Å². The Bertz CT molecular complexity index is 368. The minimum atomic E-state index is 0.349. The molecule has 13 heavy (non-hydrogen) atoms. The topological polar surface area (TPSA) is 32.6 Å². The maximum Gasteiger partial charge on any atom is 0.0902 e. The van der Waals surface area contributed by atoms with Crippen LogP contribution in [-0.2, 0) is 6.42 Å². The summed E-state index contributed by atoms with van der Waals surface area (Å²) in [5, 5.41) is 12.2. The average molecular weight is 175 g/mol. The highest BCUT2D eigenvalue weighted by Gasteiger charge is 2.25. The van der Waals surface area contributed by atoms with Crippen molar-refractivity contribution in [3.8, 4) is 0 Å². The van der Waals surface area contributed by atoms with E-state index in [1.54, 1.807) is 0 Å². The summed E-state index contributed by atoms with van der Waals surface area (Å²) in [7, 11) is 0. The number of oxime groups is 1. The number of nitrogens with zero attached hydrogens (tertiary/aromatic N) is 1. The van der Waals surface area contributed by atoms with E-state index in [0.29, 0.717) is 5.92 Å². The summed E-state index contributed by atoms with van der Waals surface area (Å²) in [5.41, 5.74) is 4.47. The normalized spacial score (nSPS) is 23.5. The monoisotopic (exact) mass is 175 g/mol. The maximum atomic E-state index is 8.86. The number of rotatable bonds is 0. The molecular formula is C11H13NO. The number of fused-ring (bicyclic) bond motifs is 1. The molecule has 1 aliphatic rings. The lowest BCUT2D eigenvalue weighted by atomic mass is 10.1. The van der Waals surface area contributed by atoms with E-state index in [4.69, 9.17) is 5.21 Å². The summed E-state index contributed by atoms with van der Waals surface area (Å²) < 4.78 is 0. The van der Waals surface area contributed by atoms with Gasteiger partial charge < -0.3 is 5.21 Å². The molecule has 0 saturated carbocycles. The first-order chi connectivity index (χ1) is 6.22. The van der Waals surface area contributed by atoms with Crippen molar-refractivity contribution in [2.45, 2.75) is 20.3 Å². The van der Waals surface area contributed by atoms with Crippen LogP contribution in [0, 0.1) is 12.8 Å². The van der Waals surface area contributed by atoms with E-state index < -0.39 is 0 Å². The smallest absolute Gasteiger partial charge is 0.0902 e.